The topological polar surface area (TPSA) is 34.1 Å². The van der Waals surface area contributed by atoms with Gasteiger partial charge in [-0.3, -0.25) is 9.59 Å². The molecule has 1 aliphatic carbocycles. The second-order valence-electron chi connectivity index (χ2n) is 5.13. The van der Waals surface area contributed by atoms with Gasteiger partial charge in [0.25, 0.3) is 0 Å². The van der Waals surface area contributed by atoms with Crippen LogP contribution in [0.5, 0.6) is 0 Å². The molecule has 0 heterocycles. The Morgan fingerprint density at radius 1 is 1.08 bits per heavy atom. The van der Waals surface area contributed by atoms with Gasteiger partial charge in [0.2, 0.25) is 0 Å². The molecule has 2 nitrogen and oxygen atoms in total. The first kappa shape index (κ1) is 10.4. The molecule has 1 rings (SSSR count). The van der Waals surface area contributed by atoms with Crippen LogP contribution in [-0.2, 0) is 9.59 Å². The van der Waals surface area contributed by atoms with Crippen LogP contribution >= 0.6 is 0 Å². The van der Waals surface area contributed by atoms with E-state index in [-0.39, 0.29) is 28.8 Å². The van der Waals surface area contributed by atoms with E-state index in [9.17, 15) is 9.59 Å². The zero-order valence-electron chi connectivity index (χ0n) is 8.89. The Balaban J connectivity index is 2.75. The fourth-order valence-corrected chi connectivity index (χ4v) is 1.70. The van der Waals surface area contributed by atoms with Gasteiger partial charge in [-0.05, 0) is 18.3 Å². The largest absolute Gasteiger partial charge is 0.299 e. The number of hydrogen-bond donors (Lipinski definition) is 0. The molecule has 0 bridgehead atoms. The summed E-state index contributed by atoms with van der Waals surface area (Å²) < 4.78 is 0. The Morgan fingerprint density at radius 3 is 1.77 bits per heavy atom. The Morgan fingerprint density at radius 2 is 1.46 bits per heavy atom. The average molecular weight is 182 g/mol. The van der Waals surface area contributed by atoms with Crippen LogP contribution in [-0.4, -0.2) is 11.6 Å². The third-order valence-electron chi connectivity index (χ3n) is 3.09. The lowest BCUT2D eigenvalue weighted by atomic mass is 9.69. The fourth-order valence-electron chi connectivity index (χ4n) is 1.70. The standard InChI is InChI=1S/C11H18O2/c1-7-9(12)5-8(6-10(7)13)11(2,3)4/h7-8H,5-6H2,1-4H3. The van der Waals surface area contributed by atoms with Gasteiger partial charge in [0.1, 0.15) is 11.6 Å². The molecule has 0 aromatic carbocycles. The monoisotopic (exact) mass is 182 g/mol. The molecule has 0 saturated heterocycles. The number of carbonyl (C=O) groups excluding carboxylic acids is 2. The fraction of sp³-hybridized carbons (Fsp3) is 0.818. The van der Waals surface area contributed by atoms with E-state index >= 15 is 0 Å². The minimum absolute atomic E-state index is 0.0749. The Labute approximate surface area is 79.7 Å². The number of ketones is 2. The zero-order valence-corrected chi connectivity index (χ0v) is 8.89. The summed E-state index contributed by atoms with van der Waals surface area (Å²) in [5.74, 6) is 0.134. The van der Waals surface area contributed by atoms with Crippen molar-refractivity contribution < 1.29 is 9.59 Å². The van der Waals surface area contributed by atoms with Crippen LogP contribution in [0.15, 0.2) is 0 Å². The minimum atomic E-state index is -0.349. The molecule has 0 aromatic heterocycles. The lowest BCUT2D eigenvalue weighted by Gasteiger charge is -2.34. The third-order valence-corrected chi connectivity index (χ3v) is 3.09. The van der Waals surface area contributed by atoms with Crippen LogP contribution in [0.3, 0.4) is 0 Å². The maximum absolute atomic E-state index is 11.4. The quantitative estimate of drug-likeness (QED) is 0.538. The van der Waals surface area contributed by atoms with Gasteiger partial charge < -0.3 is 0 Å². The number of hydrogen-bond acceptors (Lipinski definition) is 2. The summed E-state index contributed by atoms with van der Waals surface area (Å²) in [6.07, 6.45) is 1.16. The van der Waals surface area contributed by atoms with E-state index in [0.29, 0.717) is 12.8 Å². The highest BCUT2D eigenvalue weighted by Crippen LogP contribution is 2.36. The van der Waals surface area contributed by atoms with Gasteiger partial charge in [-0.25, -0.2) is 0 Å². The number of rotatable bonds is 0. The van der Waals surface area contributed by atoms with E-state index in [4.69, 9.17) is 0 Å². The van der Waals surface area contributed by atoms with Crippen LogP contribution in [0.2, 0.25) is 0 Å². The van der Waals surface area contributed by atoms with Crippen LogP contribution in [0.1, 0.15) is 40.5 Å². The lowest BCUT2D eigenvalue weighted by Crippen LogP contribution is -2.36. The number of carbonyl (C=O) groups is 2. The second kappa shape index (κ2) is 3.24. The van der Waals surface area contributed by atoms with Crippen molar-refractivity contribution in [2.45, 2.75) is 40.5 Å². The van der Waals surface area contributed by atoms with Crippen LogP contribution < -0.4 is 0 Å². The normalized spacial score (nSPS) is 30.8. The molecule has 1 saturated carbocycles. The molecule has 0 aliphatic heterocycles. The van der Waals surface area contributed by atoms with Crippen LogP contribution in [0.25, 0.3) is 0 Å². The first-order valence-electron chi connectivity index (χ1n) is 4.88. The van der Waals surface area contributed by atoms with Crippen molar-refractivity contribution in [1.29, 1.82) is 0 Å². The molecule has 74 valence electrons. The minimum Gasteiger partial charge on any atom is -0.299 e. The highest BCUT2D eigenvalue weighted by molar-refractivity contribution is 6.04. The summed E-state index contributed by atoms with van der Waals surface area (Å²) in [5.41, 5.74) is 0.0749. The second-order valence-corrected chi connectivity index (χ2v) is 5.13. The molecule has 0 aromatic rings. The molecular formula is C11H18O2. The Kier molecular flexibility index (Phi) is 2.60. The van der Waals surface area contributed by atoms with Crippen molar-refractivity contribution in [2.24, 2.45) is 17.3 Å². The number of Topliss-reactive ketones (excluding diaryl/α,β-unsaturated/α-hetero) is 2. The van der Waals surface area contributed by atoms with E-state index in [1.54, 1.807) is 6.92 Å². The van der Waals surface area contributed by atoms with E-state index in [1.165, 1.54) is 0 Å². The molecule has 1 fully saturated rings. The molecule has 0 spiro atoms. The molecule has 0 atom stereocenters. The summed E-state index contributed by atoms with van der Waals surface area (Å²) in [7, 11) is 0. The molecule has 0 radical (unpaired) electrons. The Bertz CT molecular complexity index is 217. The van der Waals surface area contributed by atoms with Gasteiger partial charge in [0, 0.05) is 12.8 Å². The van der Waals surface area contributed by atoms with Crippen molar-refractivity contribution in [3.63, 3.8) is 0 Å². The van der Waals surface area contributed by atoms with Gasteiger partial charge in [-0.1, -0.05) is 20.8 Å². The van der Waals surface area contributed by atoms with Gasteiger partial charge in [-0.15, -0.1) is 0 Å². The summed E-state index contributed by atoms with van der Waals surface area (Å²) in [6, 6.07) is 0. The van der Waals surface area contributed by atoms with Gasteiger partial charge in [0.15, 0.2) is 0 Å². The maximum atomic E-state index is 11.4. The molecule has 0 amide bonds. The van der Waals surface area contributed by atoms with Crippen LogP contribution in [0, 0.1) is 17.3 Å². The molecule has 0 unspecified atom stereocenters. The van der Waals surface area contributed by atoms with Gasteiger partial charge in [0.05, 0.1) is 5.92 Å². The van der Waals surface area contributed by atoms with Crippen molar-refractivity contribution in [2.75, 3.05) is 0 Å². The highest BCUT2D eigenvalue weighted by atomic mass is 16.2. The van der Waals surface area contributed by atoms with Crippen LogP contribution in [0.4, 0.5) is 0 Å². The van der Waals surface area contributed by atoms with Crippen molar-refractivity contribution >= 4 is 11.6 Å². The first-order valence-corrected chi connectivity index (χ1v) is 4.88. The molecule has 0 N–H and O–H groups in total. The predicted octanol–water partition coefficient (Wildman–Crippen LogP) is 2.22. The molecule has 1 aliphatic rings. The first-order chi connectivity index (χ1) is 5.82. The van der Waals surface area contributed by atoms with E-state index < -0.39 is 0 Å². The third kappa shape index (κ3) is 2.17. The Hall–Kier alpha value is -0.660. The molecule has 2 heteroatoms. The summed E-state index contributed by atoms with van der Waals surface area (Å²) in [4.78, 5) is 22.9. The van der Waals surface area contributed by atoms with Gasteiger partial charge >= 0.3 is 0 Å². The van der Waals surface area contributed by atoms with Crippen molar-refractivity contribution in [1.82, 2.24) is 0 Å². The van der Waals surface area contributed by atoms with E-state index in [2.05, 4.69) is 20.8 Å². The summed E-state index contributed by atoms with van der Waals surface area (Å²) in [6.45, 7) is 8.00. The summed E-state index contributed by atoms with van der Waals surface area (Å²) >= 11 is 0. The van der Waals surface area contributed by atoms with Crippen molar-refractivity contribution in [3.05, 3.63) is 0 Å². The highest BCUT2D eigenvalue weighted by Gasteiger charge is 2.37. The molecule has 13 heavy (non-hydrogen) atoms. The average Bonchev–Trinajstić information content (AvgIpc) is 1.97. The summed E-state index contributed by atoms with van der Waals surface area (Å²) in [5, 5.41) is 0. The van der Waals surface area contributed by atoms with Gasteiger partial charge in [-0.2, -0.15) is 0 Å². The lowest BCUT2D eigenvalue weighted by molar-refractivity contribution is -0.138. The predicted molar refractivity (Wildman–Crippen MR) is 51.4 cm³/mol. The SMILES string of the molecule is CC1C(=O)CC(C(C)(C)C)CC1=O. The van der Waals surface area contributed by atoms with E-state index in [1.807, 2.05) is 0 Å². The van der Waals surface area contributed by atoms with E-state index in [0.717, 1.165) is 0 Å². The van der Waals surface area contributed by atoms with Crippen molar-refractivity contribution in [3.8, 4) is 0 Å². The maximum Gasteiger partial charge on any atom is 0.143 e. The smallest absolute Gasteiger partial charge is 0.143 e. The molecular weight excluding hydrogens is 164 g/mol. The zero-order chi connectivity index (χ0) is 10.2.